The van der Waals surface area contributed by atoms with Gasteiger partial charge in [0.15, 0.2) is 0 Å². The number of hydrogen-bond donors (Lipinski definition) is 1. The number of hydrogen-bond acceptors (Lipinski definition) is 2. The van der Waals surface area contributed by atoms with Crippen molar-refractivity contribution in [2.45, 2.75) is 59.5 Å². The zero-order valence-electron chi connectivity index (χ0n) is 11.1. The molecular weight excluding hydrogens is 184 g/mol. The first kappa shape index (κ1) is 13.0. The summed E-state index contributed by atoms with van der Waals surface area (Å²) in [5, 5.41) is 0. The second kappa shape index (κ2) is 4.84. The molecule has 90 valence electrons. The van der Waals surface area contributed by atoms with Crippen LogP contribution < -0.4 is 5.73 Å². The Morgan fingerprint density at radius 1 is 1.40 bits per heavy atom. The van der Waals surface area contributed by atoms with Crippen LogP contribution in [0.25, 0.3) is 0 Å². The van der Waals surface area contributed by atoms with Crippen LogP contribution in [-0.2, 0) is 0 Å². The lowest BCUT2D eigenvalue weighted by molar-refractivity contribution is 0.101. The molecule has 1 heterocycles. The van der Waals surface area contributed by atoms with Crippen LogP contribution in [0.2, 0.25) is 0 Å². The highest BCUT2D eigenvalue weighted by Crippen LogP contribution is 2.31. The predicted octanol–water partition coefficient (Wildman–Crippen LogP) is 2.48. The molecule has 0 saturated carbocycles. The number of likely N-dealkylation sites (tertiary alicyclic amines) is 1. The lowest BCUT2D eigenvalue weighted by Gasteiger charge is -2.40. The van der Waals surface area contributed by atoms with Crippen molar-refractivity contribution in [1.82, 2.24) is 4.90 Å². The zero-order chi connectivity index (χ0) is 11.6. The number of rotatable bonds is 3. The molecule has 3 atom stereocenters. The Labute approximate surface area is 95.2 Å². The van der Waals surface area contributed by atoms with E-state index in [9.17, 15) is 0 Å². The molecule has 1 rings (SSSR count). The van der Waals surface area contributed by atoms with Gasteiger partial charge in [0, 0.05) is 18.6 Å². The first-order valence-corrected chi connectivity index (χ1v) is 6.36. The van der Waals surface area contributed by atoms with Crippen molar-refractivity contribution in [2.75, 3.05) is 13.1 Å². The Bertz CT molecular complexity index is 193. The molecule has 1 aliphatic heterocycles. The second-order valence-corrected chi connectivity index (χ2v) is 6.23. The van der Waals surface area contributed by atoms with Crippen LogP contribution in [0.3, 0.4) is 0 Å². The summed E-state index contributed by atoms with van der Waals surface area (Å²) in [6.45, 7) is 13.9. The largest absolute Gasteiger partial charge is 0.327 e. The van der Waals surface area contributed by atoms with Crippen molar-refractivity contribution >= 4 is 0 Å². The van der Waals surface area contributed by atoms with E-state index in [-0.39, 0.29) is 11.5 Å². The molecule has 0 aromatic heterocycles. The third-order valence-corrected chi connectivity index (χ3v) is 3.67. The standard InChI is InChI=1S/C13H28N2/c1-6-11-7-8-15(9-11)12(10(2)14)13(3,4)5/h10-12H,6-9,14H2,1-5H3. The second-order valence-electron chi connectivity index (χ2n) is 6.23. The minimum absolute atomic E-state index is 0.264. The summed E-state index contributed by atoms with van der Waals surface area (Å²) < 4.78 is 0. The third kappa shape index (κ3) is 3.18. The van der Waals surface area contributed by atoms with E-state index < -0.39 is 0 Å². The summed E-state index contributed by atoms with van der Waals surface area (Å²) in [7, 11) is 0. The first-order valence-electron chi connectivity index (χ1n) is 6.36. The van der Waals surface area contributed by atoms with Crippen molar-refractivity contribution < 1.29 is 0 Å². The summed E-state index contributed by atoms with van der Waals surface area (Å²) in [6.07, 6.45) is 2.67. The lowest BCUT2D eigenvalue weighted by Crippen LogP contribution is -2.52. The molecule has 0 spiro atoms. The van der Waals surface area contributed by atoms with Crippen molar-refractivity contribution in [3.05, 3.63) is 0 Å². The number of nitrogens with zero attached hydrogens (tertiary/aromatic N) is 1. The molecule has 0 aromatic rings. The maximum absolute atomic E-state index is 6.15. The van der Waals surface area contributed by atoms with E-state index in [0.29, 0.717) is 6.04 Å². The topological polar surface area (TPSA) is 29.3 Å². The summed E-state index contributed by atoms with van der Waals surface area (Å²) in [4.78, 5) is 2.61. The molecule has 1 aliphatic rings. The van der Waals surface area contributed by atoms with Crippen molar-refractivity contribution in [3.8, 4) is 0 Å². The lowest BCUT2D eigenvalue weighted by atomic mass is 9.82. The van der Waals surface area contributed by atoms with Crippen LogP contribution >= 0.6 is 0 Å². The Hall–Kier alpha value is -0.0800. The Morgan fingerprint density at radius 2 is 2.00 bits per heavy atom. The summed E-state index contributed by atoms with van der Waals surface area (Å²) in [5.74, 6) is 0.897. The Morgan fingerprint density at radius 3 is 2.33 bits per heavy atom. The molecular formula is C13H28N2. The van der Waals surface area contributed by atoms with Gasteiger partial charge in [-0.05, 0) is 31.2 Å². The van der Waals surface area contributed by atoms with Gasteiger partial charge in [-0.1, -0.05) is 34.1 Å². The molecule has 2 N–H and O–H groups in total. The maximum atomic E-state index is 6.15. The number of nitrogens with two attached hydrogens (primary N) is 1. The van der Waals surface area contributed by atoms with Gasteiger partial charge in [0.05, 0.1) is 0 Å². The van der Waals surface area contributed by atoms with E-state index in [1.54, 1.807) is 0 Å². The van der Waals surface area contributed by atoms with Crippen LogP contribution in [0, 0.1) is 11.3 Å². The smallest absolute Gasteiger partial charge is 0.0293 e. The summed E-state index contributed by atoms with van der Waals surface area (Å²) in [5.41, 5.74) is 6.44. The minimum Gasteiger partial charge on any atom is -0.327 e. The van der Waals surface area contributed by atoms with Crippen LogP contribution in [0.4, 0.5) is 0 Å². The van der Waals surface area contributed by atoms with Gasteiger partial charge in [-0.3, -0.25) is 4.90 Å². The van der Waals surface area contributed by atoms with Gasteiger partial charge in [-0.15, -0.1) is 0 Å². The molecule has 0 radical (unpaired) electrons. The average Bonchev–Trinajstić information content (AvgIpc) is 2.49. The van der Waals surface area contributed by atoms with Crippen LogP contribution in [-0.4, -0.2) is 30.1 Å². The van der Waals surface area contributed by atoms with Gasteiger partial charge in [0.2, 0.25) is 0 Å². The van der Waals surface area contributed by atoms with E-state index in [1.165, 1.54) is 25.9 Å². The van der Waals surface area contributed by atoms with Gasteiger partial charge in [-0.25, -0.2) is 0 Å². The minimum atomic E-state index is 0.264. The third-order valence-electron chi connectivity index (χ3n) is 3.67. The molecule has 3 unspecified atom stereocenters. The van der Waals surface area contributed by atoms with Gasteiger partial charge in [0.1, 0.15) is 0 Å². The molecule has 0 aromatic carbocycles. The Kier molecular flexibility index (Phi) is 4.19. The SMILES string of the molecule is CCC1CCN(C(C(C)N)C(C)(C)C)C1. The van der Waals surface area contributed by atoms with E-state index in [0.717, 1.165) is 5.92 Å². The normalized spacial score (nSPS) is 28.0. The van der Waals surface area contributed by atoms with Gasteiger partial charge < -0.3 is 5.73 Å². The van der Waals surface area contributed by atoms with E-state index in [4.69, 9.17) is 5.73 Å². The van der Waals surface area contributed by atoms with Crippen LogP contribution in [0.5, 0.6) is 0 Å². The molecule has 1 fully saturated rings. The molecule has 2 heteroatoms. The fourth-order valence-electron chi connectivity index (χ4n) is 3.12. The molecule has 1 saturated heterocycles. The molecule has 15 heavy (non-hydrogen) atoms. The first-order chi connectivity index (χ1) is 6.86. The highest BCUT2D eigenvalue weighted by Gasteiger charge is 2.36. The molecule has 2 nitrogen and oxygen atoms in total. The highest BCUT2D eigenvalue weighted by molar-refractivity contribution is 4.92. The predicted molar refractivity (Wildman–Crippen MR) is 66.9 cm³/mol. The van der Waals surface area contributed by atoms with Crippen LogP contribution in [0.15, 0.2) is 0 Å². The molecule has 0 amide bonds. The fraction of sp³-hybridized carbons (Fsp3) is 1.00. The van der Waals surface area contributed by atoms with Gasteiger partial charge in [0.25, 0.3) is 0 Å². The average molecular weight is 212 g/mol. The summed E-state index contributed by atoms with van der Waals surface area (Å²) in [6, 6.07) is 0.787. The van der Waals surface area contributed by atoms with E-state index in [1.807, 2.05) is 0 Å². The zero-order valence-corrected chi connectivity index (χ0v) is 11.1. The molecule has 0 aliphatic carbocycles. The van der Waals surface area contributed by atoms with E-state index in [2.05, 4.69) is 39.5 Å². The van der Waals surface area contributed by atoms with Crippen molar-refractivity contribution in [3.63, 3.8) is 0 Å². The van der Waals surface area contributed by atoms with Crippen molar-refractivity contribution in [2.24, 2.45) is 17.1 Å². The van der Waals surface area contributed by atoms with E-state index >= 15 is 0 Å². The van der Waals surface area contributed by atoms with Gasteiger partial charge in [-0.2, -0.15) is 0 Å². The fourth-order valence-corrected chi connectivity index (χ4v) is 3.12. The summed E-state index contributed by atoms with van der Waals surface area (Å²) >= 11 is 0. The van der Waals surface area contributed by atoms with Crippen LogP contribution in [0.1, 0.15) is 47.5 Å². The quantitative estimate of drug-likeness (QED) is 0.779. The van der Waals surface area contributed by atoms with Crippen molar-refractivity contribution in [1.29, 1.82) is 0 Å². The maximum Gasteiger partial charge on any atom is 0.0293 e. The highest BCUT2D eigenvalue weighted by atomic mass is 15.2. The Balaban J connectivity index is 2.66. The molecule has 0 bridgehead atoms. The monoisotopic (exact) mass is 212 g/mol. The van der Waals surface area contributed by atoms with Gasteiger partial charge >= 0.3 is 0 Å².